The SMILES string of the molecule is Cc1nc2cnc(N)c(C#Cc3cncc(C(=O)Nc4cc(F)c(CN5CCN(C)CC5)c(F)c4)c3)c2nc1C. The molecular weight excluding hydrogens is 514 g/mol. The van der Waals surface area contributed by atoms with Gasteiger partial charge in [-0.2, -0.15) is 0 Å². The van der Waals surface area contributed by atoms with E-state index in [2.05, 4.69) is 42.0 Å². The van der Waals surface area contributed by atoms with Crippen molar-refractivity contribution in [2.45, 2.75) is 20.4 Å². The van der Waals surface area contributed by atoms with E-state index in [1.54, 1.807) is 6.20 Å². The second-order valence-electron chi connectivity index (χ2n) is 9.81. The molecule has 0 saturated carbocycles. The summed E-state index contributed by atoms with van der Waals surface area (Å²) in [6, 6.07) is 3.79. The minimum absolute atomic E-state index is 0.0115. The number of hydrogen-bond donors (Lipinski definition) is 2. The molecule has 0 spiro atoms. The first-order valence-electron chi connectivity index (χ1n) is 12.7. The normalized spacial score (nSPS) is 14.1. The summed E-state index contributed by atoms with van der Waals surface area (Å²) in [5, 5.41) is 2.55. The Hall–Kier alpha value is -4.53. The van der Waals surface area contributed by atoms with E-state index in [0.29, 0.717) is 22.2 Å². The van der Waals surface area contributed by atoms with Gasteiger partial charge in [0.15, 0.2) is 0 Å². The molecule has 3 aromatic heterocycles. The number of fused-ring (bicyclic) bond motifs is 1. The molecule has 1 saturated heterocycles. The number of halogens is 2. The maximum absolute atomic E-state index is 14.8. The molecule has 0 unspecified atom stereocenters. The lowest BCUT2D eigenvalue weighted by Crippen LogP contribution is -2.44. The van der Waals surface area contributed by atoms with Gasteiger partial charge < -0.3 is 16.0 Å². The zero-order valence-corrected chi connectivity index (χ0v) is 22.4. The van der Waals surface area contributed by atoms with Crippen molar-refractivity contribution in [3.05, 3.63) is 82.1 Å². The van der Waals surface area contributed by atoms with Gasteiger partial charge in [-0.25, -0.2) is 23.7 Å². The highest BCUT2D eigenvalue weighted by Gasteiger charge is 2.19. The van der Waals surface area contributed by atoms with Gasteiger partial charge in [-0.15, -0.1) is 0 Å². The lowest BCUT2D eigenvalue weighted by atomic mass is 10.1. The number of amides is 1. The van der Waals surface area contributed by atoms with Crippen molar-refractivity contribution in [3.8, 4) is 11.8 Å². The molecule has 11 heteroatoms. The van der Waals surface area contributed by atoms with Crippen LogP contribution >= 0.6 is 0 Å². The molecule has 204 valence electrons. The third-order valence-corrected chi connectivity index (χ3v) is 6.86. The molecule has 1 aliphatic rings. The van der Waals surface area contributed by atoms with Crippen molar-refractivity contribution < 1.29 is 13.6 Å². The Morgan fingerprint density at radius 2 is 1.70 bits per heavy atom. The average molecular weight is 543 g/mol. The smallest absolute Gasteiger partial charge is 0.257 e. The lowest BCUT2D eigenvalue weighted by molar-refractivity contribution is 0.102. The summed E-state index contributed by atoms with van der Waals surface area (Å²) in [6.45, 7) is 7.03. The molecule has 1 aromatic carbocycles. The third kappa shape index (κ3) is 5.88. The van der Waals surface area contributed by atoms with Gasteiger partial charge in [-0.1, -0.05) is 11.8 Å². The number of benzene rings is 1. The van der Waals surface area contributed by atoms with Gasteiger partial charge >= 0.3 is 0 Å². The van der Waals surface area contributed by atoms with Crippen LogP contribution in [0.15, 0.2) is 36.8 Å². The van der Waals surface area contributed by atoms with Gasteiger partial charge in [0.25, 0.3) is 5.91 Å². The first-order chi connectivity index (χ1) is 19.2. The lowest BCUT2D eigenvalue weighted by Gasteiger charge is -2.32. The Morgan fingerprint density at radius 1 is 1.00 bits per heavy atom. The molecule has 9 nitrogen and oxygen atoms in total. The Bertz CT molecular complexity index is 1650. The number of nitrogens with two attached hydrogens (primary N) is 1. The zero-order valence-electron chi connectivity index (χ0n) is 22.4. The summed E-state index contributed by atoms with van der Waals surface area (Å²) in [6.07, 6.45) is 4.39. The fourth-order valence-electron chi connectivity index (χ4n) is 4.36. The zero-order chi connectivity index (χ0) is 28.4. The van der Waals surface area contributed by atoms with Crippen LogP contribution in [0.5, 0.6) is 0 Å². The molecule has 0 bridgehead atoms. The molecule has 4 heterocycles. The quantitative estimate of drug-likeness (QED) is 0.378. The topological polar surface area (TPSA) is 113 Å². The highest BCUT2D eigenvalue weighted by atomic mass is 19.1. The number of aromatic nitrogens is 4. The van der Waals surface area contributed by atoms with Crippen LogP contribution < -0.4 is 11.1 Å². The number of nitrogens with one attached hydrogen (secondary N) is 1. The van der Waals surface area contributed by atoms with Gasteiger partial charge in [-0.05, 0) is 39.1 Å². The second kappa shape index (κ2) is 11.3. The van der Waals surface area contributed by atoms with Gasteiger partial charge in [0.1, 0.15) is 28.5 Å². The van der Waals surface area contributed by atoms with Gasteiger partial charge in [0, 0.05) is 61.9 Å². The van der Waals surface area contributed by atoms with Crippen molar-refractivity contribution in [2.24, 2.45) is 0 Å². The number of carbonyl (C=O) groups excluding carboxylic acids is 1. The van der Waals surface area contributed by atoms with Crippen molar-refractivity contribution in [3.63, 3.8) is 0 Å². The molecule has 1 fully saturated rings. The Labute approximate surface area is 230 Å². The number of piperazine rings is 1. The van der Waals surface area contributed by atoms with Crippen molar-refractivity contribution in [2.75, 3.05) is 44.3 Å². The number of hydrogen-bond acceptors (Lipinski definition) is 8. The van der Waals surface area contributed by atoms with Crippen molar-refractivity contribution >= 4 is 28.4 Å². The molecule has 0 aliphatic carbocycles. The third-order valence-electron chi connectivity index (χ3n) is 6.86. The van der Waals surface area contributed by atoms with Crippen LogP contribution in [-0.2, 0) is 6.54 Å². The molecule has 0 radical (unpaired) electrons. The molecule has 4 aromatic rings. The van der Waals surface area contributed by atoms with Crippen LogP contribution in [0.25, 0.3) is 11.0 Å². The largest absolute Gasteiger partial charge is 0.383 e. The predicted molar refractivity (Wildman–Crippen MR) is 149 cm³/mol. The number of rotatable bonds is 4. The summed E-state index contributed by atoms with van der Waals surface area (Å²) >= 11 is 0. The fraction of sp³-hybridized carbons (Fsp3) is 0.276. The van der Waals surface area contributed by atoms with E-state index in [9.17, 15) is 13.6 Å². The van der Waals surface area contributed by atoms with E-state index in [-0.39, 0.29) is 29.2 Å². The van der Waals surface area contributed by atoms with Gasteiger partial charge in [0.05, 0.1) is 28.7 Å². The molecule has 1 amide bonds. The average Bonchev–Trinajstić information content (AvgIpc) is 2.92. The molecule has 1 aliphatic heterocycles. The van der Waals surface area contributed by atoms with E-state index < -0.39 is 17.5 Å². The summed E-state index contributed by atoms with van der Waals surface area (Å²) < 4.78 is 29.7. The number of anilines is 2. The molecule has 3 N–H and O–H groups in total. The summed E-state index contributed by atoms with van der Waals surface area (Å²) in [4.78, 5) is 34.4. The number of nitrogens with zero attached hydrogens (tertiary/aromatic N) is 6. The Kier molecular flexibility index (Phi) is 7.64. The van der Waals surface area contributed by atoms with Crippen LogP contribution in [-0.4, -0.2) is 68.9 Å². The van der Waals surface area contributed by atoms with Crippen molar-refractivity contribution in [1.82, 2.24) is 29.7 Å². The maximum Gasteiger partial charge on any atom is 0.257 e. The maximum atomic E-state index is 14.8. The second-order valence-corrected chi connectivity index (χ2v) is 9.81. The standard InChI is InChI=1S/C29H28F2N8O/c1-17-18(2)36-27-22(28(32)34-15-26(27)35-17)5-4-19-10-20(14-33-13-19)29(40)37-21-11-24(30)23(25(31)12-21)16-39-8-6-38(3)7-9-39/h10-15H,6-9,16H2,1-3H3,(H2,32,34)(H,37,40). The molecule has 0 atom stereocenters. The Balaban J connectivity index is 1.34. The van der Waals surface area contributed by atoms with Crippen LogP contribution in [0.1, 0.15) is 38.4 Å². The van der Waals surface area contributed by atoms with E-state index in [1.807, 2.05) is 25.8 Å². The first kappa shape index (κ1) is 27.1. The number of pyridine rings is 2. The summed E-state index contributed by atoms with van der Waals surface area (Å²) in [5.74, 6) is 4.14. The van der Waals surface area contributed by atoms with Crippen LogP contribution in [0, 0.1) is 37.3 Å². The van der Waals surface area contributed by atoms with E-state index in [1.165, 1.54) is 18.5 Å². The number of nitrogen functional groups attached to an aromatic ring is 1. The number of carbonyl (C=O) groups is 1. The predicted octanol–water partition coefficient (Wildman–Crippen LogP) is 3.30. The van der Waals surface area contributed by atoms with Gasteiger partial charge in [0.2, 0.25) is 0 Å². The fourth-order valence-corrected chi connectivity index (χ4v) is 4.36. The minimum atomic E-state index is -0.707. The van der Waals surface area contributed by atoms with Crippen LogP contribution in [0.4, 0.5) is 20.3 Å². The van der Waals surface area contributed by atoms with E-state index in [4.69, 9.17) is 5.73 Å². The van der Waals surface area contributed by atoms with Crippen LogP contribution in [0.3, 0.4) is 0 Å². The molecule has 5 rings (SSSR count). The van der Waals surface area contributed by atoms with Crippen molar-refractivity contribution in [1.29, 1.82) is 0 Å². The van der Waals surface area contributed by atoms with Gasteiger partial charge in [-0.3, -0.25) is 14.7 Å². The Morgan fingerprint density at radius 3 is 2.42 bits per heavy atom. The number of likely N-dealkylation sites (N-methyl/N-ethyl adjacent to an activating group) is 1. The highest BCUT2D eigenvalue weighted by molar-refractivity contribution is 6.04. The molecular formula is C29H28F2N8O. The summed E-state index contributed by atoms with van der Waals surface area (Å²) in [7, 11) is 2.02. The van der Waals surface area contributed by atoms with E-state index >= 15 is 0 Å². The highest BCUT2D eigenvalue weighted by Crippen LogP contribution is 2.22. The first-order valence-corrected chi connectivity index (χ1v) is 12.7. The number of aryl methyl sites for hydroxylation is 2. The van der Waals surface area contributed by atoms with E-state index in [0.717, 1.165) is 49.7 Å². The minimum Gasteiger partial charge on any atom is -0.383 e. The molecule has 40 heavy (non-hydrogen) atoms. The monoisotopic (exact) mass is 542 g/mol. The summed E-state index contributed by atoms with van der Waals surface area (Å²) in [5.41, 5.74) is 9.73. The van der Waals surface area contributed by atoms with Crippen LogP contribution in [0.2, 0.25) is 0 Å².